The number of nitrogens with zero attached hydrogens (tertiary/aromatic N) is 1. The minimum absolute atomic E-state index is 0.192. The first-order valence-corrected chi connectivity index (χ1v) is 11.7. The molecule has 1 atom stereocenters. The van der Waals surface area contributed by atoms with Gasteiger partial charge >= 0.3 is 18.1 Å². The van der Waals surface area contributed by atoms with Crippen LogP contribution in [-0.2, 0) is 35.6 Å². The number of nitrogens with one attached hydrogen (secondary N) is 1. The van der Waals surface area contributed by atoms with Gasteiger partial charge in [-0.05, 0) is 41.4 Å². The van der Waals surface area contributed by atoms with Gasteiger partial charge in [0.25, 0.3) is 0 Å². The van der Waals surface area contributed by atoms with Crippen LogP contribution in [0.25, 0.3) is 0 Å². The highest BCUT2D eigenvalue weighted by Crippen LogP contribution is 2.19. The smallest absolute Gasteiger partial charge is 0.491 e. The first kappa shape index (κ1) is 28.4. The van der Waals surface area contributed by atoms with Crippen LogP contribution in [0.15, 0.2) is 64.6 Å². The minimum Gasteiger partial charge on any atom is -0.493 e. The second kappa shape index (κ2) is 12.7. The lowest BCUT2D eigenvalue weighted by molar-refractivity contribution is -0.202. The van der Waals surface area contributed by atoms with Crippen LogP contribution in [0.4, 0.5) is 13.2 Å². The van der Waals surface area contributed by atoms with E-state index in [1.54, 1.807) is 6.07 Å². The van der Waals surface area contributed by atoms with E-state index in [1.165, 1.54) is 48.5 Å². The molecule has 5 N–H and O–H groups in total. The molecule has 0 aliphatic rings. The largest absolute Gasteiger partial charge is 0.493 e. The highest BCUT2D eigenvalue weighted by Gasteiger charge is 2.43. The molecule has 2 aromatic carbocycles. The third kappa shape index (κ3) is 9.42. The van der Waals surface area contributed by atoms with Crippen LogP contribution in [0.5, 0.6) is 5.75 Å². The van der Waals surface area contributed by atoms with Crippen molar-refractivity contribution in [2.45, 2.75) is 30.0 Å². The van der Waals surface area contributed by atoms with Crippen LogP contribution in [0.3, 0.4) is 0 Å². The van der Waals surface area contributed by atoms with E-state index in [0.29, 0.717) is 17.7 Å². The number of nitrogens with two attached hydrogens (primary N) is 2. The van der Waals surface area contributed by atoms with E-state index in [1.807, 2.05) is 4.72 Å². The quantitative estimate of drug-likeness (QED) is 0.0906. The average Bonchev–Trinajstić information content (AvgIpc) is 2.81. The number of carbonyl (C=O) groups is 2. The van der Waals surface area contributed by atoms with E-state index in [9.17, 15) is 31.2 Å². The normalized spacial score (nSPS) is 12.3. The number of esters is 2. The highest BCUT2D eigenvalue weighted by atomic mass is 32.2. The monoisotopic (exact) mass is 532 g/mol. The Morgan fingerprint density at radius 1 is 1.00 bits per heavy atom. The average molecular weight is 532 g/mol. The molecule has 196 valence electrons. The molecule has 0 saturated carbocycles. The van der Waals surface area contributed by atoms with Gasteiger partial charge in [-0.25, -0.2) is 18.0 Å². The number of halogens is 3. The summed E-state index contributed by atoms with van der Waals surface area (Å²) >= 11 is 0. The molecule has 0 aliphatic carbocycles. The van der Waals surface area contributed by atoms with E-state index in [2.05, 4.69) is 9.89 Å². The SMILES string of the molecule is NC(N)=NOCCCOc1ccc(C[C@H](NS(=O)(=O)c2ccccc2)C(=O)OC(=O)C(F)(F)F)cc1. The van der Waals surface area contributed by atoms with E-state index >= 15 is 0 Å². The molecular formula is C21H23F3N4O7S. The molecule has 0 radical (unpaired) electrons. The summed E-state index contributed by atoms with van der Waals surface area (Å²) in [5.41, 5.74) is 10.6. The van der Waals surface area contributed by atoms with Crippen LogP contribution in [-0.4, -0.2) is 51.7 Å². The number of carbonyl (C=O) groups excluding carboxylic acids is 2. The summed E-state index contributed by atoms with van der Waals surface area (Å²) in [6.07, 6.45) is -5.41. The topological polar surface area (TPSA) is 172 Å². The zero-order valence-corrected chi connectivity index (χ0v) is 19.4. The summed E-state index contributed by atoms with van der Waals surface area (Å²) in [6, 6.07) is 10.9. The molecule has 0 aliphatic heterocycles. The molecule has 15 heteroatoms. The van der Waals surface area contributed by atoms with Crippen LogP contribution >= 0.6 is 0 Å². The van der Waals surface area contributed by atoms with Gasteiger partial charge in [0.1, 0.15) is 18.4 Å². The summed E-state index contributed by atoms with van der Waals surface area (Å²) in [5, 5.41) is 3.35. The van der Waals surface area contributed by atoms with Gasteiger partial charge < -0.3 is 25.8 Å². The van der Waals surface area contributed by atoms with E-state index in [-0.39, 0.29) is 24.1 Å². The summed E-state index contributed by atoms with van der Waals surface area (Å²) in [7, 11) is -4.33. The van der Waals surface area contributed by atoms with Crippen molar-refractivity contribution in [1.29, 1.82) is 0 Å². The summed E-state index contributed by atoms with van der Waals surface area (Å²) in [5.74, 6) is -4.28. The lowest BCUT2D eigenvalue weighted by Gasteiger charge is -2.18. The van der Waals surface area contributed by atoms with Gasteiger partial charge in [0.05, 0.1) is 11.5 Å². The Kier molecular flexibility index (Phi) is 10.0. The number of rotatable bonds is 12. The first-order chi connectivity index (χ1) is 16.9. The zero-order valence-electron chi connectivity index (χ0n) is 18.6. The van der Waals surface area contributed by atoms with Gasteiger partial charge in [-0.15, -0.1) is 0 Å². The third-order valence-corrected chi connectivity index (χ3v) is 5.73. The van der Waals surface area contributed by atoms with Crippen LogP contribution in [0, 0.1) is 0 Å². The van der Waals surface area contributed by atoms with E-state index < -0.39 is 40.6 Å². The minimum atomic E-state index is -5.44. The number of hydrogen-bond donors (Lipinski definition) is 3. The van der Waals surface area contributed by atoms with Crippen molar-refractivity contribution >= 4 is 27.9 Å². The maximum Gasteiger partial charge on any atom is 0.491 e. The van der Waals surface area contributed by atoms with Crippen molar-refractivity contribution in [1.82, 2.24) is 4.72 Å². The molecule has 2 aromatic rings. The fraction of sp³-hybridized carbons (Fsp3) is 0.286. The standard InChI is InChI=1S/C21H23F3N4O7S/c22-21(23,24)19(30)35-18(29)17(28-36(31,32)16-5-2-1-3-6-16)13-14-7-9-15(10-8-14)33-11-4-12-34-27-20(25)26/h1-3,5-10,17,28H,4,11-13H2,(H4,25,26,27)/t17-/m0/s1. The van der Waals surface area contributed by atoms with Crippen molar-refractivity contribution in [2.24, 2.45) is 16.6 Å². The molecule has 0 heterocycles. The van der Waals surface area contributed by atoms with Gasteiger partial charge in [0, 0.05) is 6.42 Å². The van der Waals surface area contributed by atoms with Crippen molar-refractivity contribution in [3.8, 4) is 5.75 Å². The molecule has 0 fully saturated rings. The molecule has 2 rings (SSSR count). The van der Waals surface area contributed by atoms with Gasteiger partial charge in [-0.1, -0.05) is 30.3 Å². The molecular weight excluding hydrogens is 509 g/mol. The van der Waals surface area contributed by atoms with Crippen molar-refractivity contribution in [3.05, 3.63) is 60.2 Å². The van der Waals surface area contributed by atoms with Crippen LogP contribution in [0.1, 0.15) is 12.0 Å². The maximum absolute atomic E-state index is 12.6. The summed E-state index contributed by atoms with van der Waals surface area (Å²) in [6.45, 7) is 0.433. The third-order valence-electron chi connectivity index (χ3n) is 4.24. The fourth-order valence-electron chi connectivity index (χ4n) is 2.64. The molecule has 36 heavy (non-hydrogen) atoms. The van der Waals surface area contributed by atoms with Gasteiger partial charge in [-0.3, -0.25) is 0 Å². The fourth-order valence-corrected chi connectivity index (χ4v) is 3.85. The van der Waals surface area contributed by atoms with Crippen LogP contribution < -0.4 is 20.9 Å². The molecule has 0 spiro atoms. The second-order valence-electron chi connectivity index (χ2n) is 7.09. The maximum atomic E-state index is 12.6. The van der Waals surface area contributed by atoms with Crippen molar-refractivity contribution in [2.75, 3.05) is 13.2 Å². The predicted octanol–water partition coefficient (Wildman–Crippen LogP) is 1.18. The number of oxime groups is 1. The molecule has 11 nitrogen and oxygen atoms in total. The molecule has 0 amide bonds. The van der Waals surface area contributed by atoms with Crippen molar-refractivity contribution in [3.63, 3.8) is 0 Å². The summed E-state index contributed by atoms with van der Waals surface area (Å²) in [4.78, 5) is 28.0. The number of ether oxygens (including phenoxy) is 2. The molecule has 0 unspecified atom stereocenters. The number of hydrogen-bond acceptors (Lipinski definition) is 8. The van der Waals surface area contributed by atoms with E-state index in [0.717, 1.165) is 0 Å². The Balaban J connectivity index is 2.09. The first-order valence-electron chi connectivity index (χ1n) is 10.2. The van der Waals surface area contributed by atoms with Crippen LogP contribution in [0.2, 0.25) is 0 Å². The number of alkyl halides is 3. The lowest BCUT2D eigenvalue weighted by atomic mass is 10.1. The number of guanidine groups is 1. The van der Waals surface area contributed by atoms with Gasteiger partial charge in [0.15, 0.2) is 0 Å². The molecule has 0 aromatic heterocycles. The lowest BCUT2D eigenvalue weighted by Crippen LogP contribution is -2.45. The Labute approximate surface area is 204 Å². The second-order valence-corrected chi connectivity index (χ2v) is 8.81. The number of benzene rings is 2. The highest BCUT2D eigenvalue weighted by molar-refractivity contribution is 7.89. The Bertz CT molecular complexity index is 1150. The van der Waals surface area contributed by atoms with Gasteiger partial charge in [-0.2, -0.15) is 17.9 Å². The molecule has 0 bridgehead atoms. The predicted molar refractivity (Wildman–Crippen MR) is 120 cm³/mol. The van der Waals surface area contributed by atoms with Gasteiger partial charge in [0.2, 0.25) is 16.0 Å². The Morgan fingerprint density at radius 2 is 1.64 bits per heavy atom. The number of sulfonamides is 1. The molecule has 0 saturated heterocycles. The Morgan fingerprint density at radius 3 is 2.22 bits per heavy atom. The van der Waals surface area contributed by atoms with Crippen molar-refractivity contribution < 1.29 is 45.5 Å². The zero-order chi connectivity index (χ0) is 26.8. The Hall–Kier alpha value is -3.85. The summed E-state index contributed by atoms with van der Waals surface area (Å²) < 4.78 is 74.2. The van der Waals surface area contributed by atoms with E-state index in [4.69, 9.17) is 21.0 Å².